The maximum Gasteiger partial charge on any atom is 0.416 e. The zero-order valence-corrected chi connectivity index (χ0v) is 11.4. The van der Waals surface area contributed by atoms with Crippen molar-refractivity contribution in [3.63, 3.8) is 0 Å². The van der Waals surface area contributed by atoms with Gasteiger partial charge in [-0.2, -0.15) is 0 Å². The van der Waals surface area contributed by atoms with Gasteiger partial charge in [0.25, 0.3) is 0 Å². The molecule has 0 aliphatic carbocycles. The highest BCUT2D eigenvalue weighted by molar-refractivity contribution is 6.66. The number of ether oxygens (including phenoxy) is 1. The molecule has 2 rings (SSSR count). The van der Waals surface area contributed by atoms with Gasteiger partial charge in [-0.1, -0.05) is 12.1 Å². The van der Waals surface area contributed by atoms with Crippen LogP contribution in [0.3, 0.4) is 0 Å². The molecule has 1 aliphatic rings. The summed E-state index contributed by atoms with van der Waals surface area (Å²) in [6.45, 7) is 5.98. The number of amidine groups is 1. The molecule has 0 N–H and O–H groups in total. The molecule has 1 amide bonds. The van der Waals surface area contributed by atoms with E-state index in [1.807, 2.05) is 32.0 Å². The number of carbonyl (C=O) groups excluding carboxylic acids is 1. The van der Waals surface area contributed by atoms with Crippen LogP contribution >= 0.6 is 11.6 Å². The van der Waals surface area contributed by atoms with Gasteiger partial charge in [-0.05, 0) is 44.0 Å². The number of hydrogen-bond donors (Lipinski definition) is 0. The third kappa shape index (κ3) is 2.08. The minimum Gasteiger partial charge on any atom is -0.449 e. The second-order valence-corrected chi connectivity index (χ2v) is 4.47. The first-order valence-corrected chi connectivity index (χ1v) is 6.23. The van der Waals surface area contributed by atoms with E-state index in [1.165, 1.54) is 4.90 Å². The van der Waals surface area contributed by atoms with Gasteiger partial charge >= 0.3 is 6.09 Å². The van der Waals surface area contributed by atoms with Crippen LogP contribution in [-0.4, -0.2) is 22.9 Å². The number of aliphatic imine (C=N–C) groups is 1. The summed E-state index contributed by atoms with van der Waals surface area (Å²) in [5.41, 5.74) is 2.91. The molecule has 1 atom stereocenters. The van der Waals surface area contributed by atoms with Gasteiger partial charge in [-0.15, -0.1) is 0 Å². The van der Waals surface area contributed by atoms with Crippen LogP contribution < -0.4 is 0 Å². The molecular weight excluding hydrogens is 252 g/mol. The molecule has 0 spiro atoms. The molecule has 4 nitrogen and oxygen atoms in total. The molecule has 1 aliphatic heterocycles. The predicted octanol–water partition coefficient (Wildman–Crippen LogP) is 3.75. The molecule has 1 aromatic carbocycles. The molecule has 1 aromatic rings. The van der Waals surface area contributed by atoms with Crippen LogP contribution in [-0.2, 0) is 4.74 Å². The van der Waals surface area contributed by atoms with E-state index in [9.17, 15) is 4.79 Å². The number of nitrogens with zero attached hydrogens (tertiary/aromatic N) is 2. The third-order valence-electron chi connectivity index (χ3n) is 2.98. The minimum atomic E-state index is -0.465. The summed E-state index contributed by atoms with van der Waals surface area (Å²) in [5.74, 6) is 0. The predicted molar refractivity (Wildman–Crippen MR) is 71.4 cm³/mol. The fourth-order valence-corrected chi connectivity index (χ4v) is 2.48. The standard InChI is InChI=1S/C13H15ClN2O2/c1-4-18-13(17)16-9(3)11-8(2)6-5-7-10(11)15-12(16)14/h5-7,9H,4H2,1-3H3. The Hall–Kier alpha value is -1.55. The van der Waals surface area contributed by atoms with Crippen LogP contribution in [0.15, 0.2) is 23.2 Å². The first-order valence-electron chi connectivity index (χ1n) is 5.86. The summed E-state index contributed by atoms with van der Waals surface area (Å²) < 4.78 is 5.00. The molecule has 18 heavy (non-hydrogen) atoms. The Morgan fingerprint density at radius 2 is 2.28 bits per heavy atom. The van der Waals surface area contributed by atoms with Crippen LogP contribution in [0.5, 0.6) is 0 Å². The lowest BCUT2D eigenvalue weighted by molar-refractivity contribution is 0.119. The molecule has 1 unspecified atom stereocenters. The Morgan fingerprint density at radius 3 is 2.94 bits per heavy atom. The number of rotatable bonds is 1. The molecule has 0 radical (unpaired) electrons. The average Bonchev–Trinajstić information content (AvgIpc) is 2.28. The van der Waals surface area contributed by atoms with Crippen LogP contribution in [0.1, 0.15) is 31.0 Å². The molecule has 96 valence electrons. The van der Waals surface area contributed by atoms with Crippen molar-refractivity contribution in [1.29, 1.82) is 0 Å². The van der Waals surface area contributed by atoms with Crippen molar-refractivity contribution in [3.05, 3.63) is 29.3 Å². The summed E-state index contributed by atoms with van der Waals surface area (Å²) in [4.78, 5) is 17.5. The zero-order chi connectivity index (χ0) is 13.3. The molecule has 1 heterocycles. The second-order valence-electron chi connectivity index (χ2n) is 4.13. The van der Waals surface area contributed by atoms with Gasteiger partial charge in [0.05, 0.1) is 18.3 Å². The summed E-state index contributed by atoms with van der Waals surface area (Å²) in [6, 6.07) is 5.64. The van der Waals surface area contributed by atoms with Crippen molar-refractivity contribution in [2.75, 3.05) is 6.61 Å². The number of amides is 1. The molecular formula is C13H15ClN2O2. The Labute approximate surface area is 111 Å². The lowest BCUT2D eigenvalue weighted by Gasteiger charge is -2.32. The van der Waals surface area contributed by atoms with Crippen LogP contribution in [0.2, 0.25) is 0 Å². The van der Waals surface area contributed by atoms with Gasteiger partial charge in [-0.3, -0.25) is 0 Å². The minimum absolute atomic E-state index is 0.152. The topological polar surface area (TPSA) is 41.9 Å². The maximum absolute atomic E-state index is 11.9. The number of carbonyl (C=O) groups is 1. The van der Waals surface area contributed by atoms with E-state index < -0.39 is 6.09 Å². The average molecular weight is 267 g/mol. The first-order chi connectivity index (χ1) is 8.56. The smallest absolute Gasteiger partial charge is 0.416 e. The van der Waals surface area contributed by atoms with Crippen molar-refractivity contribution in [1.82, 2.24) is 4.90 Å². The fraction of sp³-hybridized carbons (Fsp3) is 0.385. The highest BCUT2D eigenvalue weighted by atomic mass is 35.5. The van der Waals surface area contributed by atoms with Gasteiger partial charge < -0.3 is 4.74 Å². The first kappa shape index (κ1) is 12.9. The van der Waals surface area contributed by atoms with Gasteiger partial charge in [0.15, 0.2) is 0 Å². The summed E-state index contributed by atoms with van der Waals surface area (Å²) in [7, 11) is 0. The van der Waals surface area contributed by atoms with Crippen molar-refractivity contribution in [2.24, 2.45) is 4.99 Å². The highest BCUT2D eigenvalue weighted by Gasteiger charge is 2.32. The zero-order valence-electron chi connectivity index (χ0n) is 10.6. The summed E-state index contributed by atoms with van der Waals surface area (Å²) >= 11 is 6.06. The van der Waals surface area contributed by atoms with E-state index in [2.05, 4.69) is 4.99 Å². The molecule has 0 saturated heterocycles. The Morgan fingerprint density at radius 1 is 1.56 bits per heavy atom. The monoisotopic (exact) mass is 266 g/mol. The molecule has 5 heteroatoms. The quantitative estimate of drug-likeness (QED) is 0.727. The van der Waals surface area contributed by atoms with Gasteiger partial charge in [0.1, 0.15) is 0 Å². The number of aryl methyl sites for hydroxylation is 1. The van der Waals surface area contributed by atoms with Crippen LogP contribution in [0, 0.1) is 6.92 Å². The summed E-state index contributed by atoms with van der Waals surface area (Å²) in [5, 5.41) is 0.152. The lowest BCUT2D eigenvalue weighted by atomic mass is 9.98. The fourth-order valence-electron chi connectivity index (χ4n) is 2.17. The largest absolute Gasteiger partial charge is 0.449 e. The van der Waals surface area contributed by atoms with E-state index in [0.717, 1.165) is 16.8 Å². The van der Waals surface area contributed by atoms with Gasteiger partial charge in [-0.25, -0.2) is 14.7 Å². The van der Waals surface area contributed by atoms with Crippen LogP contribution in [0.25, 0.3) is 0 Å². The molecule has 0 aromatic heterocycles. The van der Waals surface area contributed by atoms with Gasteiger partial charge in [0.2, 0.25) is 5.29 Å². The Bertz CT molecular complexity index is 514. The third-order valence-corrected chi connectivity index (χ3v) is 3.25. The van der Waals surface area contributed by atoms with Crippen molar-refractivity contribution >= 4 is 28.7 Å². The van der Waals surface area contributed by atoms with Crippen LogP contribution in [0.4, 0.5) is 10.5 Å². The number of halogens is 1. The van der Waals surface area contributed by atoms with E-state index in [4.69, 9.17) is 16.3 Å². The Kier molecular flexibility index (Phi) is 3.57. The lowest BCUT2D eigenvalue weighted by Crippen LogP contribution is -2.38. The maximum atomic E-state index is 11.9. The number of benzene rings is 1. The normalized spacial score (nSPS) is 18.1. The SMILES string of the molecule is CCOC(=O)N1C(Cl)=Nc2cccc(C)c2C1C. The number of hydrogen-bond acceptors (Lipinski definition) is 3. The van der Waals surface area contributed by atoms with E-state index in [-0.39, 0.29) is 11.3 Å². The van der Waals surface area contributed by atoms with E-state index in [0.29, 0.717) is 6.61 Å². The van der Waals surface area contributed by atoms with Gasteiger partial charge in [0, 0.05) is 5.56 Å². The van der Waals surface area contributed by atoms with E-state index in [1.54, 1.807) is 6.92 Å². The highest BCUT2D eigenvalue weighted by Crippen LogP contribution is 2.37. The molecule has 0 bridgehead atoms. The summed E-state index contributed by atoms with van der Waals surface area (Å²) in [6.07, 6.45) is -0.465. The number of fused-ring (bicyclic) bond motifs is 1. The second kappa shape index (κ2) is 4.98. The van der Waals surface area contributed by atoms with E-state index >= 15 is 0 Å². The van der Waals surface area contributed by atoms with Crippen molar-refractivity contribution < 1.29 is 9.53 Å². The molecule has 0 fully saturated rings. The Balaban J connectivity index is 2.45. The van der Waals surface area contributed by atoms with Crippen molar-refractivity contribution in [3.8, 4) is 0 Å². The van der Waals surface area contributed by atoms with Crippen molar-refractivity contribution in [2.45, 2.75) is 26.8 Å². The molecule has 0 saturated carbocycles.